The van der Waals surface area contributed by atoms with Crippen molar-refractivity contribution >= 4 is 22.7 Å². The number of hydrogen-bond acceptors (Lipinski definition) is 3. The number of hydrogen-bond donors (Lipinski definition) is 2. The SMILES string of the molecule is CN1C(=O)c2ccccc2[C@H](C(=O)NC[C@@H]2CCCO2)[C@@H]1c1c[nH]c2ccccc12. The van der Waals surface area contributed by atoms with Gasteiger partial charge in [0.05, 0.1) is 18.1 Å². The highest BCUT2D eigenvalue weighted by atomic mass is 16.5. The molecular weight excluding hydrogens is 378 g/mol. The molecule has 3 heterocycles. The average molecular weight is 403 g/mol. The number of carbonyl (C=O) groups is 2. The summed E-state index contributed by atoms with van der Waals surface area (Å²) in [6.45, 7) is 1.25. The summed E-state index contributed by atoms with van der Waals surface area (Å²) in [5.74, 6) is -0.638. The third-order valence-electron chi connectivity index (χ3n) is 6.33. The average Bonchev–Trinajstić information content (AvgIpc) is 3.44. The Kier molecular flexibility index (Phi) is 4.79. The molecule has 0 unspecified atom stereocenters. The van der Waals surface area contributed by atoms with E-state index in [4.69, 9.17) is 4.74 Å². The number of para-hydroxylation sites is 1. The van der Waals surface area contributed by atoms with Gasteiger partial charge in [-0.15, -0.1) is 0 Å². The molecule has 0 saturated carbocycles. The minimum Gasteiger partial charge on any atom is -0.376 e. The fraction of sp³-hybridized carbons (Fsp3) is 0.333. The highest BCUT2D eigenvalue weighted by Crippen LogP contribution is 2.44. The van der Waals surface area contributed by atoms with Gasteiger partial charge in [0.1, 0.15) is 0 Å². The van der Waals surface area contributed by atoms with Crippen molar-refractivity contribution in [1.29, 1.82) is 0 Å². The van der Waals surface area contributed by atoms with Crippen LogP contribution in [0.3, 0.4) is 0 Å². The first-order valence-electron chi connectivity index (χ1n) is 10.5. The fourth-order valence-corrected chi connectivity index (χ4v) is 4.81. The zero-order valence-corrected chi connectivity index (χ0v) is 16.9. The monoisotopic (exact) mass is 403 g/mol. The van der Waals surface area contributed by atoms with Crippen molar-refractivity contribution in [3.63, 3.8) is 0 Å². The number of likely N-dealkylation sites (N-methyl/N-ethyl adjacent to an activating group) is 1. The molecule has 1 aromatic heterocycles. The zero-order valence-electron chi connectivity index (χ0n) is 16.9. The van der Waals surface area contributed by atoms with Crippen molar-refractivity contribution in [3.8, 4) is 0 Å². The van der Waals surface area contributed by atoms with Crippen molar-refractivity contribution < 1.29 is 14.3 Å². The molecule has 154 valence electrons. The van der Waals surface area contributed by atoms with Crippen molar-refractivity contribution in [2.45, 2.75) is 30.9 Å². The lowest BCUT2D eigenvalue weighted by Gasteiger charge is -2.39. The minimum absolute atomic E-state index is 0.0657. The summed E-state index contributed by atoms with van der Waals surface area (Å²) in [5.41, 5.74) is 3.31. The van der Waals surface area contributed by atoms with E-state index < -0.39 is 12.0 Å². The molecule has 0 radical (unpaired) electrons. The molecule has 6 nitrogen and oxygen atoms in total. The second-order valence-electron chi connectivity index (χ2n) is 8.10. The first-order chi connectivity index (χ1) is 14.6. The molecule has 30 heavy (non-hydrogen) atoms. The van der Waals surface area contributed by atoms with Crippen LogP contribution in [0.5, 0.6) is 0 Å². The van der Waals surface area contributed by atoms with Crippen molar-refractivity contribution in [1.82, 2.24) is 15.2 Å². The Labute approximate surface area is 175 Å². The molecule has 2 aliphatic rings. The van der Waals surface area contributed by atoms with Crippen LogP contribution >= 0.6 is 0 Å². The number of ether oxygens (including phenoxy) is 1. The molecule has 2 aromatic carbocycles. The normalized spacial score (nSPS) is 23.6. The van der Waals surface area contributed by atoms with E-state index in [2.05, 4.69) is 10.3 Å². The molecule has 0 aliphatic carbocycles. The van der Waals surface area contributed by atoms with Crippen molar-refractivity contribution in [2.75, 3.05) is 20.2 Å². The van der Waals surface area contributed by atoms with Crippen LogP contribution in [0.1, 0.15) is 46.3 Å². The van der Waals surface area contributed by atoms with Crippen LogP contribution in [-0.2, 0) is 9.53 Å². The summed E-state index contributed by atoms with van der Waals surface area (Å²) < 4.78 is 5.67. The number of benzene rings is 2. The number of nitrogens with zero attached hydrogens (tertiary/aromatic N) is 1. The third kappa shape index (κ3) is 3.08. The molecule has 1 saturated heterocycles. The summed E-state index contributed by atoms with van der Waals surface area (Å²) in [4.78, 5) is 31.6. The summed E-state index contributed by atoms with van der Waals surface area (Å²) in [7, 11) is 1.78. The highest BCUT2D eigenvalue weighted by Gasteiger charge is 2.43. The maximum absolute atomic E-state index is 13.5. The zero-order chi connectivity index (χ0) is 20.7. The highest BCUT2D eigenvalue weighted by molar-refractivity contribution is 6.02. The molecule has 0 bridgehead atoms. The van der Waals surface area contributed by atoms with Gasteiger partial charge >= 0.3 is 0 Å². The van der Waals surface area contributed by atoms with Gasteiger partial charge < -0.3 is 19.9 Å². The largest absolute Gasteiger partial charge is 0.376 e. The van der Waals surface area contributed by atoms with E-state index in [0.717, 1.165) is 41.5 Å². The van der Waals surface area contributed by atoms with E-state index in [0.29, 0.717) is 12.1 Å². The van der Waals surface area contributed by atoms with Gasteiger partial charge in [0.25, 0.3) is 5.91 Å². The standard InChI is InChI=1S/C24H25N3O3/c1-27-22(19-14-25-20-11-5-4-8-16(19)20)21(17-9-2-3-10-18(17)24(27)29)23(28)26-13-15-7-6-12-30-15/h2-5,8-11,14-15,21-22,25H,6-7,12-13H2,1H3,(H,26,28)/t15-,21-,22-/m0/s1. The van der Waals surface area contributed by atoms with Crippen molar-refractivity contribution in [3.05, 3.63) is 71.4 Å². The number of aromatic amines is 1. The second-order valence-corrected chi connectivity index (χ2v) is 8.10. The first-order valence-corrected chi connectivity index (χ1v) is 10.5. The van der Waals surface area contributed by atoms with Gasteiger partial charge in [-0.3, -0.25) is 9.59 Å². The smallest absolute Gasteiger partial charge is 0.254 e. The van der Waals surface area contributed by atoms with Crippen LogP contribution in [0.4, 0.5) is 0 Å². The van der Waals surface area contributed by atoms with E-state index in [1.54, 1.807) is 18.0 Å². The third-order valence-corrected chi connectivity index (χ3v) is 6.33. The Morgan fingerprint density at radius 1 is 1.17 bits per heavy atom. The van der Waals surface area contributed by atoms with Crippen LogP contribution in [0, 0.1) is 0 Å². The van der Waals surface area contributed by atoms with Gasteiger partial charge in [-0.1, -0.05) is 36.4 Å². The van der Waals surface area contributed by atoms with Crippen LogP contribution < -0.4 is 5.32 Å². The molecular formula is C24H25N3O3. The topological polar surface area (TPSA) is 74.4 Å². The van der Waals surface area contributed by atoms with Gasteiger partial charge in [0, 0.05) is 48.4 Å². The Hall–Kier alpha value is -3.12. The molecule has 3 atom stereocenters. The molecule has 2 N–H and O–H groups in total. The Balaban J connectivity index is 1.57. The Bertz CT molecular complexity index is 1100. The van der Waals surface area contributed by atoms with E-state index in [1.165, 1.54) is 0 Å². The predicted molar refractivity (Wildman–Crippen MR) is 114 cm³/mol. The lowest BCUT2D eigenvalue weighted by Crippen LogP contribution is -2.46. The molecule has 1 fully saturated rings. The second kappa shape index (κ2) is 7.61. The Morgan fingerprint density at radius 2 is 1.97 bits per heavy atom. The number of rotatable bonds is 4. The number of H-pyrrole nitrogens is 1. The summed E-state index contributed by atoms with van der Waals surface area (Å²) in [6.07, 6.45) is 3.99. The molecule has 2 aliphatic heterocycles. The van der Waals surface area contributed by atoms with Gasteiger partial charge in [-0.2, -0.15) is 0 Å². The van der Waals surface area contributed by atoms with Gasteiger partial charge in [0.15, 0.2) is 0 Å². The maximum atomic E-state index is 13.5. The van der Waals surface area contributed by atoms with Gasteiger partial charge in [0.2, 0.25) is 5.91 Å². The summed E-state index contributed by atoms with van der Waals surface area (Å²) >= 11 is 0. The van der Waals surface area contributed by atoms with E-state index in [1.807, 2.05) is 48.7 Å². The molecule has 5 rings (SSSR count). The quantitative estimate of drug-likeness (QED) is 0.701. The van der Waals surface area contributed by atoms with E-state index in [-0.39, 0.29) is 17.9 Å². The number of amides is 2. The van der Waals surface area contributed by atoms with Crippen LogP contribution in [0.2, 0.25) is 0 Å². The van der Waals surface area contributed by atoms with Crippen LogP contribution in [0.25, 0.3) is 10.9 Å². The lowest BCUT2D eigenvalue weighted by molar-refractivity contribution is -0.124. The Morgan fingerprint density at radius 3 is 2.80 bits per heavy atom. The number of aromatic nitrogens is 1. The molecule has 2 amide bonds. The minimum atomic E-state index is -0.496. The first kappa shape index (κ1) is 18.9. The molecule has 6 heteroatoms. The van der Waals surface area contributed by atoms with Crippen LogP contribution in [0.15, 0.2) is 54.7 Å². The van der Waals surface area contributed by atoms with Crippen molar-refractivity contribution in [2.24, 2.45) is 0 Å². The summed E-state index contributed by atoms with van der Waals surface area (Å²) in [6, 6.07) is 15.0. The molecule has 3 aromatic rings. The maximum Gasteiger partial charge on any atom is 0.254 e. The van der Waals surface area contributed by atoms with E-state index in [9.17, 15) is 9.59 Å². The number of fused-ring (bicyclic) bond motifs is 2. The predicted octanol–water partition coefficient (Wildman–Crippen LogP) is 3.37. The van der Waals surface area contributed by atoms with E-state index >= 15 is 0 Å². The molecule has 0 spiro atoms. The van der Waals surface area contributed by atoms with Crippen LogP contribution in [-0.4, -0.2) is 48.0 Å². The summed E-state index contributed by atoms with van der Waals surface area (Å²) in [5, 5.41) is 4.12. The fourth-order valence-electron chi connectivity index (χ4n) is 4.81. The van der Waals surface area contributed by atoms with Gasteiger partial charge in [-0.05, 0) is 30.5 Å². The number of nitrogens with one attached hydrogen (secondary N) is 2. The lowest BCUT2D eigenvalue weighted by atomic mass is 9.79. The number of carbonyl (C=O) groups excluding carboxylic acids is 2. The van der Waals surface area contributed by atoms with Gasteiger partial charge in [-0.25, -0.2) is 0 Å².